The summed E-state index contributed by atoms with van der Waals surface area (Å²) in [6.07, 6.45) is 0.366. The van der Waals surface area contributed by atoms with Crippen molar-refractivity contribution >= 4 is 21.6 Å². The smallest absolute Gasteiger partial charge is 0.316 e. The Morgan fingerprint density at radius 1 is 1.44 bits per heavy atom. The van der Waals surface area contributed by atoms with Crippen molar-refractivity contribution in [2.75, 3.05) is 18.1 Å². The fraction of sp³-hybridized carbons (Fsp3) is 0.800. The van der Waals surface area contributed by atoms with Crippen LogP contribution in [0.4, 0.5) is 0 Å². The third-order valence-electron chi connectivity index (χ3n) is 2.72. The maximum atomic E-state index is 11.5. The Morgan fingerprint density at radius 2 is 2.06 bits per heavy atom. The molecule has 1 aliphatic rings. The first-order valence-corrected chi connectivity index (χ1v) is 7.07. The van der Waals surface area contributed by atoms with Gasteiger partial charge in [-0.15, -0.1) is 0 Å². The standard InChI is InChI=1S/C10H16O5S/c1-3-15-10(12)9(7(2)11)8-4-5-16(13,14)6-8/h8-9H,3-6H2,1-2H3/t8-,9+/m0/s1. The topological polar surface area (TPSA) is 77.5 Å². The van der Waals surface area contributed by atoms with E-state index in [9.17, 15) is 18.0 Å². The highest BCUT2D eigenvalue weighted by Crippen LogP contribution is 2.27. The van der Waals surface area contributed by atoms with Crippen molar-refractivity contribution in [3.8, 4) is 0 Å². The van der Waals surface area contributed by atoms with Gasteiger partial charge in [0.15, 0.2) is 9.84 Å². The highest BCUT2D eigenvalue weighted by atomic mass is 32.2. The summed E-state index contributed by atoms with van der Waals surface area (Å²) in [4.78, 5) is 22.9. The number of esters is 1. The van der Waals surface area contributed by atoms with Gasteiger partial charge in [0.25, 0.3) is 0 Å². The van der Waals surface area contributed by atoms with Gasteiger partial charge in [-0.1, -0.05) is 0 Å². The zero-order valence-corrected chi connectivity index (χ0v) is 10.2. The van der Waals surface area contributed by atoms with Crippen LogP contribution in [0.15, 0.2) is 0 Å². The van der Waals surface area contributed by atoms with Crippen LogP contribution in [0.3, 0.4) is 0 Å². The predicted octanol–water partition coefficient (Wildman–Crippen LogP) is 0.189. The lowest BCUT2D eigenvalue weighted by Gasteiger charge is -2.17. The monoisotopic (exact) mass is 248 g/mol. The first-order chi connectivity index (χ1) is 7.37. The molecule has 1 saturated heterocycles. The van der Waals surface area contributed by atoms with Gasteiger partial charge >= 0.3 is 5.97 Å². The van der Waals surface area contributed by atoms with Crippen LogP contribution >= 0.6 is 0 Å². The van der Waals surface area contributed by atoms with E-state index in [1.165, 1.54) is 6.92 Å². The highest BCUT2D eigenvalue weighted by molar-refractivity contribution is 7.91. The molecule has 0 N–H and O–H groups in total. The Bertz CT molecular complexity index is 384. The summed E-state index contributed by atoms with van der Waals surface area (Å²) in [7, 11) is -3.08. The molecule has 0 unspecified atom stereocenters. The Hall–Kier alpha value is -0.910. The molecule has 0 saturated carbocycles. The maximum absolute atomic E-state index is 11.5. The van der Waals surface area contributed by atoms with E-state index in [0.717, 1.165) is 0 Å². The average molecular weight is 248 g/mol. The SMILES string of the molecule is CCOC(=O)[C@H](C(C)=O)[C@H]1CCS(=O)(=O)C1. The molecule has 6 heteroatoms. The molecule has 0 bridgehead atoms. The molecule has 5 nitrogen and oxygen atoms in total. The minimum absolute atomic E-state index is 0.0564. The summed E-state index contributed by atoms with van der Waals surface area (Å²) >= 11 is 0. The zero-order chi connectivity index (χ0) is 12.3. The summed E-state index contributed by atoms with van der Waals surface area (Å²) in [6.45, 7) is 3.15. The van der Waals surface area contributed by atoms with Gasteiger partial charge in [-0.05, 0) is 26.2 Å². The number of carbonyl (C=O) groups excluding carboxylic acids is 2. The molecular formula is C10H16O5S. The van der Waals surface area contributed by atoms with Crippen LogP contribution in [0.5, 0.6) is 0 Å². The number of rotatable bonds is 4. The fourth-order valence-electron chi connectivity index (χ4n) is 2.01. The summed E-state index contributed by atoms with van der Waals surface area (Å²) < 4.78 is 27.4. The number of hydrogen-bond acceptors (Lipinski definition) is 5. The maximum Gasteiger partial charge on any atom is 0.316 e. The lowest BCUT2D eigenvalue weighted by atomic mass is 9.89. The van der Waals surface area contributed by atoms with Gasteiger partial charge in [-0.25, -0.2) is 8.42 Å². The Morgan fingerprint density at radius 3 is 2.44 bits per heavy atom. The molecule has 0 aromatic rings. The molecule has 1 aliphatic heterocycles. The largest absolute Gasteiger partial charge is 0.465 e. The first-order valence-electron chi connectivity index (χ1n) is 5.25. The summed E-state index contributed by atoms with van der Waals surface area (Å²) in [6, 6.07) is 0. The molecule has 0 amide bonds. The minimum Gasteiger partial charge on any atom is -0.465 e. The van der Waals surface area contributed by atoms with Gasteiger partial charge in [-0.3, -0.25) is 9.59 Å². The lowest BCUT2D eigenvalue weighted by Crippen LogP contribution is -2.32. The number of sulfone groups is 1. The molecule has 0 aliphatic carbocycles. The van der Waals surface area contributed by atoms with Crippen molar-refractivity contribution in [3.05, 3.63) is 0 Å². The number of hydrogen-bond donors (Lipinski definition) is 0. The molecule has 0 spiro atoms. The molecule has 1 heterocycles. The van der Waals surface area contributed by atoms with Gasteiger partial charge in [-0.2, -0.15) is 0 Å². The van der Waals surface area contributed by atoms with E-state index in [2.05, 4.69) is 0 Å². The Kier molecular flexibility index (Phi) is 4.07. The van der Waals surface area contributed by atoms with Crippen LogP contribution in [0.1, 0.15) is 20.3 Å². The van der Waals surface area contributed by atoms with Gasteiger partial charge in [0.05, 0.1) is 18.1 Å². The second-order valence-corrected chi connectivity index (χ2v) is 6.23. The van der Waals surface area contributed by atoms with Crippen molar-refractivity contribution in [3.63, 3.8) is 0 Å². The molecule has 0 aromatic carbocycles. The third-order valence-corrected chi connectivity index (χ3v) is 4.51. The van der Waals surface area contributed by atoms with E-state index in [4.69, 9.17) is 4.74 Å². The lowest BCUT2D eigenvalue weighted by molar-refractivity contribution is -0.153. The van der Waals surface area contributed by atoms with Gasteiger partial charge in [0.1, 0.15) is 11.7 Å². The third kappa shape index (κ3) is 3.04. The van der Waals surface area contributed by atoms with Crippen LogP contribution in [0, 0.1) is 11.8 Å². The molecule has 0 radical (unpaired) electrons. The van der Waals surface area contributed by atoms with E-state index in [-0.39, 0.29) is 23.9 Å². The molecule has 1 rings (SSSR count). The number of ketones is 1. The molecule has 92 valence electrons. The number of Topliss-reactive ketones (excluding diaryl/α,β-unsaturated/α-hetero) is 1. The van der Waals surface area contributed by atoms with Gasteiger partial charge in [0, 0.05) is 0 Å². The van der Waals surface area contributed by atoms with Crippen LogP contribution in [-0.2, 0) is 24.2 Å². The highest BCUT2D eigenvalue weighted by Gasteiger charge is 2.40. The predicted molar refractivity (Wildman–Crippen MR) is 57.6 cm³/mol. The van der Waals surface area contributed by atoms with Crippen molar-refractivity contribution in [2.24, 2.45) is 11.8 Å². The van der Waals surface area contributed by atoms with Crippen LogP contribution in [0.25, 0.3) is 0 Å². The Labute approximate surface area is 95.1 Å². The first kappa shape index (κ1) is 13.2. The molecular weight excluding hydrogens is 232 g/mol. The van der Waals surface area contributed by atoms with Crippen molar-refractivity contribution in [1.82, 2.24) is 0 Å². The summed E-state index contributed by atoms with van der Waals surface area (Å²) in [5.41, 5.74) is 0. The second-order valence-electron chi connectivity index (χ2n) is 4.00. The summed E-state index contributed by atoms with van der Waals surface area (Å²) in [5, 5.41) is 0. The number of carbonyl (C=O) groups is 2. The van der Waals surface area contributed by atoms with Crippen LogP contribution in [0.2, 0.25) is 0 Å². The van der Waals surface area contributed by atoms with Gasteiger partial charge < -0.3 is 4.74 Å². The fourth-order valence-corrected chi connectivity index (χ4v) is 3.85. The normalized spacial score (nSPS) is 25.0. The minimum atomic E-state index is -3.08. The van der Waals surface area contributed by atoms with E-state index in [1.54, 1.807) is 6.92 Å². The number of ether oxygens (including phenoxy) is 1. The van der Waals surface area contributed by atoms with Crippen molar-refractivity contribution < 1.29 is 22.7 Å². The zero-order valence-electron chi connectivity index (χ0n) is 9.43. The second kappa shape index (κ2) is 4.95. The van der Waals surface area contributed by atoms with E-state index in [1.807, 2.05) is 0 Å². The van der Waals surface area contributed by atoms with Crippen molar-refractivity contribution in [1.29, 1.82) is 0 Å². The molecule has 0 aromatic heterocycles. The Balaban J connectivity index is 2.80. The van der Waals surface area contributed by atoms with E-state index < -0.39 is 27.6 Å². The summed E-state index contributed by atoms with van der Waals surface area (Å²) in [5.74, 6) is -2.28. The van der Waals surface area contributed by atoms with E-state index >= 15 is 0 Å². The van der Waals surface area contributed by atoms with Crippen LogP contribution in [-0.4, -0.2) is 38.3 Å². The van der Waals surface area contributed by atoms with E-state index in [0.29, 0.717) is 6.42 Å². The molecule has 1 fully saturated rings. The van der Waals surface area contributed by atoms with Crippen molar-refractivity contribution in [2.45, 2.75) is 20.3 Å². The molecule has 2 atom stereocenters. The van der Waals surface area contributed by atoms with Crippen LogP contribution < -0.4 is 0 Å². The average Bonchev–Trinajstić information content (AvgIpc) is 2.46. The quantitative estimate of drug-likeness (QED) is 0.524. The molecule has 16 heavy (non-hydrogen) atoms. The van der Waals surface area contributed by atoms with Gasteiger partial charge in [0.2, 0.25) is 0 Å².